The van der Waals surface area contributed by atoms with E-state index in [9.17, 15) is 34.5 Å². The normalized spacial score (nSPS) is 19.9. The van der Waals surface area contributed by atoms with E-state index in [0.717, 1.165) is 0 Å². The Morgan fingerprint density at radius 2 is 0.355 bits per heavy atom. The van der Waals surface area contributed by atoms with Gasteiger partial charge >= 0.3 is 14.5 Å². The second-order valence-electron chi connectivity index (χ2n) is 23.3. The molecule has 6 nitrogen and oxygen atoms in total. The van der Waals surface area contributed by atoms with Gasteiger partial charge in [-0.3, -0.25) is 0 Å². The first-order chi connectivity index (χ1) is 52.1. The Bertz CT molecular complexity index is 2970. The van der Waals surface area contributed by atoms with E-state index >= 15 is 0 Å². The topological polar surface area (TPSA) is 55.4 Å². The first-order valence-corrected chi connectivity index (χ1v) is 44.7. The number of rotatable bonds is 16. The molecule has 12 rings (SSSR count). The molecule has 606 valence electrons. The van der Waals surface area contributed by atoms with E-state index in [1.807, 2.05) is 0 Å². The number of allylic oxidation sites excluding steroid dienone is 8. The van der Waals surface area contributed by atoms with Crippen molar-refractivity contribution in [3.63, 3.8) is 0 Å². The van der Waals surface area contributed by atoms with Crippen molar-refractivity contribution in [1.29, 1.82) is 0 Å². The summed E-state index contributed by atoms with van der Waals surface area (Å²) in [5, 5.41) is 10.6. The SMILES string of the molecule is C1=C\CC/C=C\CC/1.C1=C\CC/C=C\CC/1.C[C@@H]1O[C@@H](C)[C@@H](O[PH+](c2ccccc2)c2ccccc2)[C@@H]1O[PH+](c1ccccc1)c1ccccc1.C[C@@H]1O[C@@H](C)[C@@H](O[PH+](c2ccccc2)c2ccccc2)[C@@H]1O[PH+](c1ccccc1)c1ccccc1.ClCCl.ClCCl.ClCCl.ClCCl.F[B-](F)(F)F.F[B-](F)(F)F.[Rh].[Rh]. The second-order valence-corrected chi connectivity index (χ2v) is 34.7. The maximum absolute atomic E-state index is 9.75. The van der Waals surface area contributed by atoms with E-state index in [4.69, 9.17) is 120 Å². The number of hydrogen-bond acceptors (Lipinski definition) is 6. The maximum Gasteiger partial charge on any atom is 0.673 e. The van der Waals surface area contributed by atoms with Crippen LogP contribution in [-0.2, 0) is 66.5 Å². The fourth-order valence-corrected chi connectivity index (χ4v) is 19.7. The monoisotopic (exact) mass is 1940 g/mol. The van der Waals surface area contributed by atoms with Crippen molar-refractivity contribution in [2.45, 2.75) is 128 Å². The molecule has 4 aliphatic rings. The van der Waals surface area contributed by atoms with Crippen molar-refractivity contribution in [2.75, 3.05) is 21.4 Å². The summed E-state index contributed by atoms with van der Waals surface area (Å²) < 4.78 is 119. The first kappa shape index (κ1) is 105. The molecule has 2 fully saturated rings. The van der Waals surface area contributed by atoms with Gasteiger partial charge < -0.3 is 44.0 Å². The largest absolute Gasteiger partial charge is 0.673 e. The third-order valence-electron chi connectivity index (χ3n) is 15.3. The molecule has 2 heterocycles. The van der Waals surface area contributed by atoms with Gasteiger partial charge in [0.25, 0.3) is 0 Å². The number of hydrogen-bond donors (Lipinski definition) is 0. The average Bonchev–Trinajstić information content (AvgIpc) is 1.63. The van der Waals surface area contributed by atoms with Crippen molar-refractivity contribution in [3.05, 3.63) is 291 Å². The Balaban J connectivity index is 0.000000741. The Morgan fingerprint density at radius 1 is 0.255 bits per heavy atom. The van der Waals surface area contributed by atoms with Gasteiger partial charge in [0, 0.05) is 39.0 Å². The predicted molar refractivity (Wildman–Crippen MR) is 462 cm³/mol. The molecule has 0 aromatic heterocycles. The second kappa shape index (κ2) is 64.4. The van der Waals surface area contributed by atoms with Crippen molar-refractivity contribution < 1.29 is 101 Å². The number of benzene rings is 8. The minimum Gasteiger partial charge on any atom is -0.418 e. The van der Waals surface area contributed by atoms with E-state index in [1.54, 1.807) is 0 Å². The summed E-state index contributed by atoms with van der Waals surface area (Å²) in [6.45, 7) is 8.43. The Labute approximate surface area is 717 Å². The Morgan fingerprint density at radius 3 is 0.455 bits per heavy atom. The minimum absolute atomic E-state index is 0. The van der Waals surface area contributed by atoms with E-state index in [2.05, 4.69) is 319 Å². The fourth-order valence-electron chi connectivity index (χ4n) is 10.9. The van der Waals surface area contributed by atoms with Gasteiger partial charge in [-0.15, -0.1) is 92.8 Å². The molecule has 30 heteroatoms. The predicted octanol–water partition coefficient (Wildman–Crippen LogP) is 23.9. The van der Waals surface area contributed by atoms with Gasteiger partial charge in [-0.1, -0.05) is 194 Å². The van der Waals surface area contributed by atoms with Gasteiger partial charge in [-0.05, 0) is 176 Å². The van der Waals surface area contributed by atoms with E-state index < -0.39 is 47.1 Å². The molecule has 2 aliphatic carbocycles. The summed E-state index contributed by atoms with van der Waals surface area (Å²) in [5.74, 6) is 0. The van der Waals surface area contributed by atoms with Crippen molar-refractivity contribution >= 4 is 182 Å². The van der Waals surface area contributed by atoms with E-state index in [1.165, 1.54) is 93.8 Å². The van der Waals surface area contributed by atoms with Gasteiger partial charge in [0.15, 0.2) is 57.0 Å². The molecule has 110 heavy (non-hydrogen) atoms. The molecule has 2 radical (unpaired) electrons. The van der Waals surface area contributed by atoms with Crippen LogP contribution in [0.1, 0.15) is 79.1 Å². The van der Waals surface area contributed by atoms with E-state index in [0.29, 0.717) is 0 Å². The molecule has 8 atom stereocenters. The van der Waals surface area contributed by atoms with Gasteiger partial charge in [-0.25, -0.2) is 18.1 Å². The molecular formula is C80H96B2Cl8F8O6P4Rh2+2. The van der Waals surface area contributed by atoms with Crippen LogP contribution in [0, 0.1) is 0 Å². The van der Waals surface area contributed by atoms with E-state index in [-0.39, 0.29) is 109 Å². The van der Waals surface area contributed by atoms with Crippen LogP contribution >= 0.6 is 125 Å². The molecule has 0 bridgehead atoms. The molecule has 0 amide bonds. The molecule has 2 saturated heterocycles. The fraction of sp³-hybridized carbons (Fsp3) is 0.300. The van der Waals surface area contributed by atoms with Crippen LogP contribution in [0.4, 0.5) is 34.5 Å². The number of alkyl halides is 8. The minimum atomic E-state index is -6.00. The van der Waals surface area contributed by atoms with Crippen LogP contribution in [0.5, 0.6) is 0 Å². The molecule has 0 unspecified atom stereocenters. The van der Waals surface area contributed by atoms with Gasteiger partial charge in [0.05, 0.1) is 45.8 Å². The maximum atomic E-state index is 9.75. The summed E-state index contributed by atoms with van der Waals surface area (Å²) in [4.78, 5) is 0. The molecule has 0 N–H and O–H groups in total. The average molecular weight is 1940 g/mol. The molecule has 0 saturated carbocycles. The number of ether oxygens (including phenoxy) is 2. The van der Waals surface area contributed by atoms with Gasteiger partial charge in [0.2, 0.25) is 0 Å². The van der Waals surface area contributed by atoms with Crippen LogP contribution < -0.4 is 42.4 Å². The van der Waals surface area contributed by atoms with Crippen molar-refractivity contribution in [2.24, 2.45) is 0 Å². The summed E-state index contributed by atoms with van der Waals surface area (Å²) in [6, 6.07) is 84.5. The molecule has 8 aromatic carbocycles. The Hall–Kier alpha value is -2.66. The third kappa shape index (κ3) is 46.3. The van der Waals surface area contributed by atoms with Crippen molar-refractivity contribution in [1.82, 2.24) is 0 Å². The molecule has 2 aliphatic heterocycles. The van der Waals surface area contributed by atoms with Crippen LogP contribution in [-0.4, -0.2) is 84.7 Å². The zero-order valence-electron chi connectivity index (χ0n) is 61.1. The molecule has 8 aromatic rings. The van der Waals surface area contributed by atoms with Crippen molar-refractivity contribution in [3.8, 4) is 0 Å². The quantitative estimate of drug-likeness (QED) is 0.0316. The van der Waals surface area contributed by atoms with Crippen LogP contribution in [0.3, 0.4) is 0 Å². The van der Waals surface area contributed by atoms with Crippen LogP contribution in [0.2, 0.25) is 0 Å². The van der Waals surface area contributed by atoms with Gasteiger partial charge in [-0.2, -0.15) is 0 Å². The summed E-state index contributed by atoms with van der Waals surface area (Å²) >= 11 is 38.1. The molecule has 0 spiro atoms. The Kier molecular flexibility index (Phi) is 61.7. The smallest absolute Gasteiger partial charge is 0.418 e. The van der Waals surface area contributed by atoms with Gasteiger partial charge in [0.1, 0.15) is 42.4 Å². The van der Waals surface area contributed by atoms with Crippen LogP contribution in [0.15, 0.2) is 291 Å². The first-order valence-electron chi connectivity index (χ1n) is 34.8. The van der Waals surface area contributed by atoms with Crippen LogP contribution in [0.25, 0.3) is 0 Å². The summed E-state index contributed by atoms with van der Waals surface area (Å²) in [7, 11) is -17.9. The third-order valence-corrected chi connectivity index (χ3v) is 24.2. The zero-order chi connectivity index (χ0) is 79.2. The summed E-state index contributed by atoms with van der Waals surface area (Å²) in [6.07, 6.45) is 27.1. The zero-order valence-corrected chi connectivity index (χ0v) is 74.5. The molecular weight excluding hydrogens is 1840 g/mol. The number of halogens is 16. The summed E-state index contributed by atoms with van der Waals surface area (Å²) in [5.41, 5.74) is 0. The standard InChI is InChI=1S/2C30H30O3P2.2C8H12.4CH2Cl2.2BF4.2Rh/c2*1-23-29(32-34(25-15-7-3-8-16-25)26-17-9-4-10-18-26)30(24(2)31-23)33-35(27-19-11-5-12-20-27)28-21-13-6-14-22-28;2*1-2-4-6-8-7-5-3-1;4*2-1-3;2*2-1(3,4)5;;/h2*3-24,29-30H,1-2H3;2*1-2,7-8H,3-6H2;4*1H2;;;;/q;;;;;;;;2*-1;;/p+4/b;;2*2-1-,8-7-;;;;;;;;/t2*23-,24-,29+,30+;;;;;;;;;;/m00........../s1.